The Morgan fingerprint density at radius 3 is 2.53 bits per heavy atom. The molecule has 1 rings (SSSR count). The number of benzene rings is 1. The van der Waals surface area contributed by atoms with Gasteiger partial charge < -0.3 is 15.2 Å². The minimum atomic E-state index is -0.345. The van der Waals surface area contributed by atoms with Crippen molar-refractivity contribution in [1.82, 2.24) is 0 Å². The van der Waals surface area contributed by atoms with E-state index in [1.165, 1.54) is 6.07 Å². The predicted octanol–water partition coefficient (Wildman–Crippen LogP) is 2.77. The van der Waals surface area contributed by atoms with E-state index in [4.69, 9.17) is 15.2 Å². The predicted molar refractivity (Wildman–Crippen MR) is 74.9 cm³/mol. The number of halogens is 1. The molecule has 0 saturated heterocycles. The summed E-state index contributed by atoms with van der Waals surface area (Å²) in [4.78, 5) is 0. The van der Waals surface area contributed by atoms with E-state index in [0.717, 1.165) is 5.56 Å². The van der Waals surface area contributed by atoms with Gasteiger partial charge in [0.05, 0.1) is 6.61 Å². The molecule has 108 valence electrons. The summed E-state index contributed by atoms with van der Waals surface area (Å²) in [6, 6.07) is 5.00. The van der Waals surface area contributed by atoms with Crippen molar-refractivity contribution in [2.45, 2.75) is 33.2 Å². The van der Waals surface area contributed by atoms with Crippen LogP contribution in [-0.2, 0) is 11.2 Å². The van der Waals surface area contributed by atoms with Crippen molar-refractivity contribution in [3.8, 4) is 5.75 Å². The smallest absolute Gasteiger partial charge is 0.165 e. The maximum Gasteiger partial charge on any atom is 0.165 e. The molecule has 0 aliphatic heterocycles. The normalized spacial score (nSPS) is 12.7. The highest BCUT2D eigenvalue weighted by Gasteiger charge is 2.06. The van der Waals surface area contributed by atoms with E-state index in [0.29, 0.717) is 32.2 Å². The zero-order valence-electron chi connectivity index (χ0n) is 12.0. The van der Waals surface area contributed by atoms with Gasteiger partial charge in [-0.2, -0.15) is 0 Å². The monoisotopic (exact) mass is 269 g/mol. The number of rotatable bonds is 8. The minimum Gasteiger partial charge on any atom is -0.488 e. The Kier molecular flexibility index (Phi) is 6.81. The zero-order valence-corrected chi connectivity index (χ0v) is 12.0. The van der Waals surface area contributed by atoms with Gasteiger partial charge in [-0.15, -0.1) is 0 Å². The Labute approximate surface area is 114 Å². The molecule has 0 aliphatic carbocycles. The third-order valence-corrected chi connectivity index (χ3v) is 2.49. The van der Waals surface area contributed by atoms with Crippen molar-refractivity contribution in [2.24, 2.45) is 11.7 Å². The number of hydrogen-bond acceptors (Lipinski definition) is 3. The van der Waals surface area contributed by atoms with Gasteiger partial charge in [-0.25, -0.2) is 4.39 Å². The van der Waals surface area contributed by atoms with Crippen LogP contribution in [-0.4, -0.2) is 25.9 Å². The highest BCUT2D eigenvalue weighted by atomic mass is 19.1. The minimum absolute atomic E-state index is 0.0237. The third kappa shape index (κ3) is 6.55. The lowest BCUT2D eigenvalue weighted by atomic mass is 10.1. The van der Waals surface area contributed by atoms with Crippen molar-refractivity contribution < 1.29 is 13.9 Å². The lowest BCUT2D eigenvalue weighted by Gasteiger charge is -2.11. The van der Waals surface area contributed by atoms with Gasteiger partial charge >= 0.3 is 0 Å². The van der Waals surface area contributed by atoms with Gasteiger partial charge in [0.2, 0.25) is 0 Å². The largest absolute Gasteiger partial charge is 0.488 e. The Hall–Kier alpha value is -1.13. The Morgan fingerprint density at radius 1 is 1.21 bits per heavy atom. The third-order valence-electron chi connectivity index (χ3n) is 2.49. The molecular weight excluding hydrogens is 245 g/mol. The van der Waals surface area contributed by atoms with E-state index in [1.807, 2.05) is 13.0 Å². The molecule has 1 unspecified atom stereocenters. The molecule has 0 spiro atoms. The van der Waals surface area contributed by atoms with Crippen LogP contribution < -0.4 is 10.5 Å². The molecule has 2 N–H and O–H groups in total. The average molecular weight is 269 g/mol. The number of nitrogens with two attached hydrogens (primary N) is 1. The highest BCUT2D eigenvalue weighted by molar-refractivity contribution is 5.29. The van der Waals surface area contributed by atoms with Crippen LogP contribution >= 0.6 is 0 Å². The Balaban J connectivity index is 2.38. The molecule has 0 radical (unpaired) electrons. The molecule has 0 aliphatic rings. The maximum atomic E-state index is 13.7. The first-order chi connectivity index (χ1) is 8.99. The SMILES string of the molecule is CC(C)COCCOc1ccc(CC(C)N)cc1F. The molecule has 0 fully saturated rings. The van der Waals surface area contributed by atoms with E-state index in [9.17, 15) is 4.39 Å². The van der Waals surface area contributed by atoms with Crippen molar-refractivity contribution in [3.05, 3.63) is 29.6 Å². The summed E-state index contributed by atoms with van der Waals surface area (Å²) < 4.78 is 24.4. The summed E-state index contributed by atoms with van der Waals surface area (Å²) in [6.45, 7) is 7.58. The molecule has 3 nitrogen and oxygen atoms in total. The van der Waals surface area contributed by atoms with E-state index < -0.39 is 0 Å². The van der Waals surface area contributed by atoms with Crippen LogP contribution in [0.3, 0.4) is 0 Å². The van der Waals surface area contributed by atoms with Crippen LogP contribution in [0, 0.1) is 11.7 Å². The fourth-order valence-electron chi connectivity index (χ4n) is 1.69. The molecule has 0 saturated carbocycles. The quantitative estimate of drug-likeness (QED) is 0.738. The van der Waals surface area contributed by atoms with Crippen LogP contribution in [0.5, 0.6) is 5.75 Å². The Morgan fingerprint density at radius 2 is 1.95 bits per heavy atom. The van der Waals surface area contributed by atoms with E-state index in [1.54, 1.807) is 6.07 Å². The summed E-state index contributed by atoms with van der Waals surface area (Å²) in [5, 5.41) is 0. The molecule has 4 heteroatoms. The molecule has 0 bridgehead atoms. The van der Waals surface area contributed by atoms with Crippen LogP contribution in [0.2, 0.25) is 0 Å². The summed E-state index contributed by atoms with van der Waals surface area (Å²) in [5.41, 5.74) is 6.57. The van der Waals surface area contributed by atoms with Gasteiger partial charge in [0, 0.05) is 12.6 Å². The molecular formula is C15H24FNO2. The summed E-state index contributed by atoms with van der Waals surface area (Å²) in [7, 11) is 0. The fraction of sp³-hybridized carbons (Fsp3) is 0.600. The maximum absolute atomic E-state index is 13.7. The average Bonchev–Trinajstić information content (AvgIpc) is 2.30. The fourth-order valence-corrected chi connectivity index (χ4v) is 1.69. The van der Waals surface area contributed by atoms with E-state index in [2.05, 4.69) is 13.8 Å². The topological polar surface area (TPSA) is 44.5 Å². The van der Waals surface area contributed by atoms with E-state index >= 15 is 0 Å². The lowest BCUT2D eigenvalue weighted by molar-refractivity contribution is 0.0808. The van der Waals surface area contributed by atoms with Crippen molar-refractivity contribution in [2.75, 3.05) is 19.8 Å². The number of ether oxygens (including phenoxy) is 2. The van der Waals surface area contributed by atoms with Crippen LogP contribution in [0.4, 0.5) is 4.39 Å². The molecule has 0 aromatic heterocycles. The first-order valence-electron chi connectivity index (χ1n) is 6.73. The number of hydrogen-bond donors (Lipinski definition) is 1. The van der Waals surface area contributed by atoms with Gasteiger partial charge in [-0.1, -0.05) is 19.9 Å². The molecule has 0 heterocycles. The zero-order chi connectivity index (χ0) is 14.3. The van der Waals surface area contributed by atoms with Crippen LogP contribution in [0.1, 0.15) is 26.3 Å². The van der Waals surface area contributed by atoms with Gasteiger partial charge in [-0.3, -0.25) is 0 Å². The van der Waals surface area contributed by atoms with Crippen LogP contribution in [0.15, 0.2) is 18.2 Å². The Bertz CT molecular complexity index is 380. The van der Waals surface area contributed by atoms with Gasteiger partial charge in [0.15, 0.2) is 11.6 Å². The second-order valence-corrected chi connectivity index (χ2v) is 5.26. The van der Waals surface area contributed by atoms with E-state index in [-0.39, 0.29) is 17.6 Å². The summed E-state index contributed by atoms with van der Waals surface area (Å²) in [6.07, 6.45) is 0.661. The second kappa shape index (κ2) is 8.12. The molecule has 19 heavy (non-hydrogen) atoms. The molecule has 1 aromatic rings. The first-order valence-corrected chi connectivity index (χ1v) is 6.73. The van der Waals surface area contributed by atoms with Crippen molar-refractivity contribution in [1.29, 1.82) is 0 Å². The lowest BCUT2D eigenvalue weighted by Crippen LogP contribution is -2.17. The summed E-state index contributed by atoms with van der Waals surface area (Å²) in [5.74, 6) is 0.415. The molecule has 0 amide bonds. The summed E-state index contributed by atoms with van der Waals surface area (Å²) >= 11 is 0. The molecule has 1 aromatic carbocycles. The first kappa shape index (κ1) is 15.9. The second-order valence-electron chi connectivity index (χ2n) is 5.26. The standard InChI is InChI=1S/C15H24FNO2/c1-11(2)10-18-6-7-19-15-5-4-13(8-12(3)17)9-14(15)16/h4-5,9,11-12H,6-8,10,17H2,1-3H3. The van der Waals surface area contributed by atoms with Crippen molar-refractivity contribution >= 4 is 0 Å². The highest BCUT2D eigenvalue weighted by Crippen LogP contribution is 2.19. The van der Waals surface area contributed by atoms with Crippen LogP contribution in [0.25, 0.3) is 0 Å². The molecule has 1 atom stereocenters. The van der Waals surface area contributed by atoms with Crippen molar-refractivity contribution in [3.63, 3.8) is 0 Å². The van der Waals surface area contributed by atoms with Gasteiger partial charge in [0.1, 0.15) is 6.61 Å². The van der Waals surface area contributed by atoms with Gasteiger partial charge in [0.25, 0.3) is 0 Å². The van der Waals surface area contributed by atoms with Gasteiger partial charge in [-0.05, 0) is 37.0 Å².